The van der Waals surface area contributed by atoms with E-state index in [2.05, 4.69) is 4.74 Å². The zero-order valence-electron chi connectivity index (χ0n) is 15.6. The van der Waals surface area contributed by atoms with Crippen molar-refractivity contribution in [1.29, 1.82) is 0 Å². The molecule has 30 heavy (non-hydrogen) atoms. The van der Waals surface area contributed by atoms with Crippen LogP contribution in [0.3, 0.4) is 0 Å². The Morgan fingerprint density at radius 3 is 2.23 bits per heavy atom. The summed E-state index contributed by atoms with van der Waals surface area (Å²) in [6.07, 6.45) is -5.82. The normalized spacial score (nSPS) is 13.3. The van der Waals surface area contributed by atoms with Gasteiger partial charge in [-0.05, 0) is 41.0 Å². The van der Waals surface area contributed by atoms with Gasteiger partial charge in [-0.25, -0.2) is 4.79 Å². The zero-order valence-corrected chi connectivity index (χ0v) is 15.6. The average molecular weight is 414 g/mol. The van der Waals surface area contributed by atoms with Gasteiger partial charge in [0.15, 0.2) is 0 Å². The highest BCUT2D eigenvalue weighted by molar-refractivity contribution is 5.96. The lowest BCUT2D eigenvalue weighted by Gasteiger charge is -2.19. The molecule has 0 aromatic heterocycles. The van der Waals surface area contributed by atoms with Crippen LogP contribution in [-0.2, 0) is 6.54 Å². The quantitative estimate of drug-likeness (QED) is 0.594. The molecule has 3 aromatic carbocycles. The zero-order chi connectivity index (χ0) is 21.3. The maximum Gasteiger partial charge on any atom is 0.573 e. The van der Waals surface area contributed by atoms with Crippen LogP contribution < -0.4 is 14.5 Å². The number of alkyl halides is 3. The van der Waals surface area contributed by atoms with Crippen molar-refractivity contribution < 1.29 is 27.8 Å². The summed E-state index contributed by atoms with van der Waals surface area (Å²) in [7, 11) is 0. The van der Waals surface area contributed by atoms with Crippen LogP contribution in [0.4, 0.5) is 29.3 Å². The minimum absolute atomic E-state index is 0.196. The van der Waals surface area contributed by atoms with Gasteiger partial charge in [-0.3, -0.25) is 4.90 Å². The highest BCUT2D eigenvalue weighted by Gasteiger charge is 2.32. The van der Waals surface area contributed by atoms with Crippen molar-refractivity contribution in [2.75, 3.05) is 16.5 Å². The van der Waals surface area contributed by atoms with Crippen LogP contribution >= 0.6 is 0 Å². The number of rotatable bonds is 4. The smallest absolute Gasteiger partial charge is 0.465 e. The lowest BCUT2D eigenvalue weighted by molar-refractivity contribution is -0.274. The average Bonchev–Trinajstić information content (AvgIpc) is 3.06. The summed E-state index contributed by atoms with van der Waals surface area (Å²) in [5.74, 6) is -0.311. The van der Waals surface area contributed by atoms with E-state index in [4.69, 9.17) is 0 Å². The van der Waals surface area contributed by atoms with Gasteiger partial charge in [0.1, 0.15) is 12.4 Å². The fourth-order valence-corrected chi connectivity index (χ4v) is 3.46. The maximum atomic E-state index is 12.3. The topological polar surface area (TPSA) is 53.0 Å². The second-order valence-electron chi connectivity index (χ2n) is 6.81. The van der Waals surface area contributed by atoms with Crippen LogP contribution in [0.5, 0.6) is 5.75 Å². The Morgan fingerprint density at radius 2 is 1.60 bits per heavy atom. The van der Waals surface area contributed by atoms with Crippen molar-refractivity contribution >= 4 is 17.5 Å². The number of ether oxygens (including phenoxy) is 1. The fourth-order valence-electron chi connectivity index (χ4n) is 3.46. The standard InChI is InChI=1S/C22H17F3N2O3/c23-22(24,25)30-18-9-6-16(7-10-18)17-8-11-19-20(12-17)27(21(28)29)14-26(19)13-15-4-2-1-3-5-15/h1-12H,13-14H2,(H,28,29). The van der Waals surface area contributed by atoms with Crippen LogP contribution in [0.15, 0.2) is 72.8 Å². The predicted octanol–water partition coefficient (Wildman–Crippen LogP) is 5.71. The monoisotopic (exact) mass is 414 g/mol. The van der Waals surface area contributed by atoms with E-state index in [9.17, 15) is 23.1 Å². The molecule has 0 unspecified atom stereocenters. The molecule has 8 heteroatoms. The first-order valence-corrected chi connectivity index (χ1v) is 9.10. The maximum absolute atomic E-state index is 12.3. The van der Waals surface area contributed by atoms with Crippen LogP contribution in [0.25, 0.3) is 11.1 Å². The number of carbonyl (C=O) groups is 1. The number of hydrogen-bond acceptors (Lipinski definition) is 3. The highest BCUT2D eigenvalue weighted by atomic mass is 19.4. The van der Waals surface area contributed by atoms with Crippen molar-refractivity contribution in [3.63, 3.8) is 0 Å². The summed E-state index contributed by atoms with van der Waals surface area (Å²) in [4.78, 5) is 15.0. The lowest BCUT2D eigenvalue weighted by atomic mass is 10.0. The van der Waals surface area contributed by atoms with Gasteiger partial charge in [0, 0.05) is 6.54 Å². The third kappa shape index (κ3) is 4.17. The Labute approximate surface area is 170 Å². The predicted molar refractivity (Wildman–Crippen MR) is 107 cm³/mol. The molecule has 0 fully saturated rings. The molecular formula is C22H17F3N2O3. The van der Waals surface area contributed by atoms with E-state index in [1.807, 2.05) is 47.4 Å². The van der Waals surface area contributed by atoms with E-state index in [0.29, 0.717) is 23.4 Å². The van der Waals surface area contributed by atoms with Gasteiger partial charge in [0.2, 0.25) is 0 Å². The summed E-state index contributed by atoms with van der Waals surface area (Å²) in [6, 6.07) is 20.6. The largest absolute Gasteiger partial charge is 0.573 e. The van der Waals surface area contributed by atoms with E-state index in [-0.39, 0.29) is 12.4 Å². The highest BCUT2D eigenvalue weighted by Crippen LogP contribution is 2.40. The van der Waals surface area contributed by atoms with E-state index >= 15 is 0 Å². The second kappa shape index (κ2) is 7.62. The van der Waals surface area contributed by atoms with Gasteiger partial charge in [-0.1, -0.05) is 48.5 Å². The summed E-state index contributed by atoms with van der Waals surface area (Å²) >= 11 is 0. The van der Waals surface area contributed by atoms with E-state index in [0.717, 1.165) is 11.3 Å². The third-order valence-corrected chi connectivity index (χ3v) is 4.79. The molecule has 1 aliphatic rings. The molecule has 0 spiro atoms. The number of nitrogens with zero attached hydrogens (tertiary/aromatic N) is 2. The molecule has 1 heterocycles. The van der Waals surface area contributed by atoms with Crippen LogP contribution in [-0.4, -0.2) is 24.2 Å². The van der Waals surface area contributed by atoms with Gasteiger partial charge < -0.3 is 14.7 Å². The Hall–Kier alpha value is -3.68. The number of amides is 1. The molecule has 0 atom stereocenters. The van der Waals surface area contributed by atoms with Crippen molar-refractivity contribution in [2.45, 2.75) is 12.9 Å². The van der Waals surface area contributed by atoms with Crippen molar-refractivity contribution in [3.8, 4) is 16.9 Å². The first kappa shape index (κ1) is 19.6. The van der Waals surface area contributed by atoms with E-state index in [1.165, 1.54) is 29.2 Å². The van der Waals surface area contributed by atoms with E-state index < -0.39 is 12.5 Å². The third-order valence-electron chi connectivity index (χ3n) is 4.79. The van der Waals surface area contributed by atoms with Gasteiger partial charge in [0.05, 0.1) is 11.4 Å². The molecule has 0 aliphatic carbocycles. The number of anilines is 2. The Balaban J connectivity index is 1.62. The molecular weight excluding hydrogens is 397 g/mol. The minimum atomic E-state index is -4.75. The molecule has 0 bridgehead atoms. The molecule has 4 rings (SSSR count). The van der Waals surface area contributed by atoms with Gasteiger partial charge in [-0.15, -0.1) is 13.2 Å². The number of hydrogen-bond donors (Lipinski definition) is 1. The van der Waals surface area contributed by atoms with Crippen LogP contribution in [0.1, 0.15) is 5.56 Å². The van der Waals surface area contributed by atoms with Gasteiger partial charge in [-0.2, -0.15) is 0 Å². The summed E-state index contributed by atoms with van der Waals surface area (Å²) in [5.41, 5.74) is 3.72. The Morgan fingerprint density at radius 1 is 0.933 bits per heavy atom. The molecule has 0 radical (unpaired) electrons. The molecule has 5 nitrogen and oxygen atoms in total. The van der Waals surface area contributed by atoms with Crippen LogP contribution in [0, 0.1) is 0 Å². The van der Waals surface area contributed by atoms with Crippen molar-refractivity contribution in [3.05, 3.63) is 78.4 Å². The molecule has 1 amide bonds. The summed E-state index contributed by atoms with van der Waals surface area (Å²) in [6.45, 7) is 0.752. The number of halogens is 3. The van der Waals surface area contributed by atoms with Crippen molar-refractivity contribution in [2.24, 2.45) is 0 Å². The first-order chi connectivity index (χ1) is 14.3. The lowest BCUT2D eigenvalue weighted by Crippen LogP contribution is -2.34. The minimum Gasteiger partial charge on any atom is -0.465 e. The number of benzene rings is 3. The molecule has 0 saturated carbocycles. The fraction of sp³-hybridized carbons (Fsp3) is 0.136. The van der Waals surface area contributed by atoms with Gasteiger partial charge in [0.25, 0.3) is 0 Å². The van der Waals surface area contributed by atoms with Crippen LogP contribution in [0.2, 0.25) is 0 Å². The summed E-state index contributed by atoms with van der Waals surface area (Å²) < 4.78 is 40.9. The van der Waals surface area contributed by atoms with Crippen molar-refractivity contribution in [1.82, 2.24) is 0 Å². The number of carboxylic acid groups (broad SMARTS) is 1. The molecule has 1 aliphatic heterocycles. The van der Waals surface area contributed by atoms with E-state index in [1.54, 1.807) is 6.07 Å². The first-order valence-electron chi connectivity index (χ1n) is 9.10. The molecule has 154 valence electrons. The second-order valence-corrected chi connectivity index (χ2v) is 6.81. The Kier molecular flexibility index (Phi) is 4.99. The molecule has 3 aromatic rings. The SMILES string of the molecule is O=C(O)N1CN(Cc2ccccc2)c2ccc(-c3ccc(OC(F)(F)F)cc3)cc21. The summed E-state index contributed by atoms with van der Waals surface area (Å²) in [5, 5.41) is 9.63. The molecule has 1 N–H and O–H groups in total. The van der Waals surface area contributed by atoms with Gasteiger partial charge >= 0.3 is 12.5 Å². The number of fused-ring (bicyclic) bond motifs is 1. The Bertz CT molecular complexity index is 1050. The molecule has 0 saturated heterocycles.